The van der Waals surface area contributed by atoms with Gasteiger partial charge >= 0.3 is 5.97 Å². The second kappa shape index (κ2) is 8.74. The maximum atomic E-state index is 12.1. The van der Waals surface area contributed by atoms with Crippen molar-refractivity contribution in [1.29, 1.82) is 0 Å². The van der Waals surface area contributed by atoms with Crippen LogP contribution in [0.2, 0.25) is 0 Å². The minimum atomic E-state index is -0.689. The van der Waals surface area contributed by atoms with E-state index in [-0.39, 0.29) is 17.9 Å². The Bertz CT molecular complexity index is 573. The van der Waals surface area contributed by atoms with Gasteiger partial charge in [-0.2, -0.15) is 0 Å². The van der Waals surface area contributed by atoms with Crippen LogP contribution in [-0.4, -0.2) is 42.0 Å². The van der Waals surface area contributed by atoms with Crippen molar-refractivity contribution >= 4 is 23.6 Å². The SMILES string of the molecule is COC(=O)CCC/C=C1\SC[C@H](NC(=O)c2ccccc2)[C@H]1O. The molecule has 124 valence electrons. The van der Waals surface area contributed by atoms with Crippen molar-refractivity contribution in [3.63, 3.8) is 0 Å². The molecule has 23 heavy (non-hydrogen) atoms. The number of carbonyl (C=O) groups is 2. The predicted octanol–water partition coefficient (Wildman–Crippen LogP) is 2.12. The van der Waals surface area contributed by atoms with Crippen molar-refractivity contribution < 1.29 is 19.4 Å². The molecule has 1 aromatic carbocycles. The molecule has 1 amide bonds. The van der Waals surface area contributed by atoms with E-state index in [4.69, 9.17) is 0 Å². The van der Waals surface area contributed by atoms with Gasteiger partial charge in [-0.3, -0.25) is 9.59 Å². The summed E-state index contributed by atoms with van der Waals surface area (Å²) in [6, 6.07) is 8.66. The molecule has 0 aliphatic carbocycles. The zero-order chi connectivity index (χ0) is 16.7. The molecule has 2 N–H and O–H groups in total. The fourth-order valence-electron chi connectivity index (χ4n) is 2.30. The summed E-state index contributed by atoms with van der Waals surface area (Å²) in [5.41, 5.74) is 0.584. The number of thioether (sulfide) groups is 1. The molecule has 1 saturated heterocycles. The summed E-state index contributed by atoms with van der Waals surface area (Å²) in [7, 11) is 1.37. The molecule has 5 nitrogen and oxygen atoms in total. The van der Waals surface area contributed by atoms with E-state index in [2.05, 4.69) is 10.1 Å². The number of unbranched alkanes of at least 4 members (excludes halogenated alkanes) is 1. The molecule has 2 rings (SSSR count). The number of hydrogen-bond donors (Lipinski definition) is 2. The second-order valence-electron chi connectivity index (χ2n) is 5.28. The summed E-state index contributed by atoms with van der Waals surface area (Å²) >= 11 is 1.54. The van der Waals surface area contributed by atoms with Crippen LogP contribution in [0, 0.1) is 0 Å². The van der Waals surface area contributed by atoms with E-state index < -0.39 is 6.10 Å². The Morgan fingerprint density at radius 2 is 2.13 bits per heavy atom. The molecular formula is C17H21NO4S. The molecule has 2 atom stereocenters. The van der Waals surface area contributed by atoms with E-state index in [0.717, 1.165) is 4.91 Å². The Labute approximate surface area is 140 Å². The number of methoxy groups -OCH3 is 1. The fourth-order valence-corrected chi connectivity index (χ4v) is 3.50. The van der Waals surface area contributed by atoms with Gasteiger partial charge in [0.15, 0.2) is 0 Å². The smallest absolute Gasteiger partial charge is 0.305 e. The molecule has 1 aromatic rings. The van der Waals surface area contributed by atoms with Gasteiger partial charge < -0.3 is 15.2 Å². The minimum Gasteiger partial charge on any atom is -0.469 e. The first-order valence-corrected chi connectivity index (χ1v) is 8.54. The number of esters is 1. The lowest BCUT2D eigenvalue weighted by Crippen LogP contribution is -2.42. The number of aliphatic hydroxyl groups excluding tert-OH is 1. The van der Waals surface area contributed by atoms with Crippen LogP contribution in [0.15, 0.2) is 41.3 Å². The van der Waals surface area contributed by atoms with Crippen molar-refractivity contribution in [3.05, 3.63) is 46.9 Å². The van der Waals surface area contributed by atoms with Crippen LogP contribution in [0.25, 0.3) is 0 Å². The molecule has 1 aliphatic rings. The van der Waals surface area contributed by atoms with Gasteiger partial charge in [0.1, 0.15) is 6.10 Å². The van der Waals surface area contributed by atoms with Crippen LogP contribution >= 0.6 is 11.8 Å². The van der Waals surface area contributed by atoms with Crippen molar-refractivity contribution in [1.82, 2.24) is 5.32 Å². The Kier molecular flexibility index (Phi) is 6.67. The highest BCUT2D eigenvalue weighted by atomic mass is 32.2. The molecule has 0 bridgehead atoms. The lowest BCUT2D eigenvalue weighted by atomic mass is 10.1. The fraction of sp³-hybridized carbons (Fsp3) is 0.412. The largest absolute Gasteiger partial charge is 0.469 e. The molecule has 1 aliphatic heterocycles. The second-order valence-corrected chi connectivity index (χ2v) is 6.37. The van der Waals surface area contributed by atoms with Crippen molar-refractivity contribution in [2.75, 3.05) is 12.9 Å². The Balaban J connectivity index is 1.83. The Hall–Kier alpha value is -1.79. The number of nitrogens with one attached hydrogen (secondary N) is 1. The first-order valence-electron chi connectivity index (χ1n) is 7.55. The van der Waals surface area contributed by atoms with Crippen LogP contribution in [0.4, 0.5) is 0 Å². The van der Waals surface area contributed by atoms with Gasteiger partial charge in [-0.25, -0.2) is 0 Å². The van der Waals surface area contributed by atoms with Gasteiger partial charge in [0.05, 0.1) is 13.2 Å². The molecule has 0 radical (unpaired) electrons. The highest BCUT2D eigenvalue weighted by Gasteiger charge is 2.31. The summed E-state index contributed by atoms with van der Waals surface area (Å²) < 4.78 is 4.58. The lowest BCUT2D eigenvalue weighted by molar-refractivity contribution is -0.140. The molecule has 0 spiro atoms. The first kappa shape index (κ1) is 17.6. The highest BCUT2D eigenvalue weighted by molar-refractivity contribution is 8.03. The standard InChI is InChI=1S/C17H21NO4S/c1-22-15(19)10-6-5-9-14-16(20)13(11-23-14)18-17(21)12-7-3-2-4-8-12/h2-4,7-9,13,16,20H,5-6,10-11H2,1H3,(H,18,21)/b14-9-/t13-,16+/m0/s1. The maximum absolute atomic E-state index is 12.1. The van der Waals surface area contributed by atoms with Gasteiger partial charge in [-0.1, -0.05) is 24.3 Å². The topological polar surface area (TPSA) is 75.6 Å². The van der Waals surface area contributed by atoms with Crippen LogP contribution in [0.3, 0.4) is 0 Å². The number of ether oxygens (including phenoxy) is 1. The third kappa shape index (κ3) is 5.11. The quantitative estimate of drug-likeness (QED) is 0.615. The van der Waals surface area contributed by atoms with E-state index in [9.17, 15) is 14.7 Å². The number of amides is 1. The summed E-state index contributed by atoms with van der Waals surface area (Å²) in [6.45, 7) is 0. The van der Waals surface area contributed by atoms with Crippen LogP contribution < -0.4 is 5.32 Å². The van der Waals surface area contributed by atoms with E-state index in [0.29, 0.717) is 30.6 Å². The third-order valence-electron chi connectivity index (χ3n) is 3.61. The monoisotopic (exact) mass is 335 g/mol. The minimum absolute atomic E-state index is 0.179. The number of benzene rings is 1. The average Bonchev–Trinajstić information content (AvgIpc) is 2.92. The van der Waals surface area contributed by atoms with Gasteiger partial charge in [0.2, 0.25) is 0 Å². The first-order chi connectivity index (χ1) is 11.1. The lowest BCUT2D eigenvalue weighted by Gasteiger charge is -2.16. The summed E-state index contributed by atoms with van der Waals surface area (Å²) in [5.74, 6) is 0.237. The van der Waals surface area contributed by atoms with E-state index >= 15 is 0 Å². The van der Waals surface area contributed by atoms with E-state index in [1.54, 1.807) is 36.0 Å². The Morgan fingerprint density at radius 1 is 1.39 bits per heavy atom. The molecule has 6 heteroatoms. The van der Waals surface area contributed by atoms with Crippen LogP contribution in [0.5, 0.6) is 0 Å². The van der Waals surface area contributed by atoms with Crippen molar-refractivity contribution in [2.24, 2.45) is 0 Å². The number of hydrogen-bond acceptors (Lipinski definition) is 5. The molecule has 0 saturated carbocycles. The predicted molar refractivity (Wildman–Crippen MR) is 90.1 cm³/mol. The van der Waals surface area contributed by atoms with Gasteiger partial charge in [0.25, 0.3) is 5.91 Å². The van der Waals surface area contributed by atoms with Gasteiger partial charge in [-0.05, 0) is 25.0 Å². The van der Waals surface area contributed by atoms with Crippen LogP contribution in [0.1, 0.15) is 29.6 Å². The highest BCUT2D eigenvalue weighted by Crippen LogP contribution is 2.32. The van der Waals surface area contributed by atoms with Crippen molar-refractivity contribution in [2.45, 2.75) is 31.4 Å². The van der Waals surface area contributed by atoms with Crippen molar-refractivity contribution in [3.8, 4) is 0 Å². The number of carbonyl (C=O) groups excluding carboxylic acids is 2. The van der Waals surface area contributed by atoms with Gasteiger partial charge in [-0.15, -0.1) is 11.8 Å². The third-order valence-corrected chi connectivity index (χ3v) is 4.88. The summed E-state index contributed by atoms with van der Waals surface area (Å²) in [4.78, 5) is 24.0. The van der Waals surface area contributed by atoms with E-state index in [1.807, 2.05) is 12.1 Å². The summed E-state index contributed by atoms with van der Waals surface area (Å²) in [5, 5.41) is 13.2. The molecule has 0 aromatic heterocycles. The number of rotatable bonds is 6. The zero-order valence-electron chi connectivity index (χ0n) is 13.0. The normalized spacial score (nSPS) is 22.1. The zero-order valence-corrected chi connectivity index (χ0v) is 13.8. The molecule has 0 unspecified atom stereocenters. The number of allylic oxidation sites excluding steroid dienone is 1. The molecule has 1 fully saturated rings. The molecular weight excluding hydrogens is 314 g/mol. The Morgan fingerprint density at radius 3 is 2.83 bits per heavy atom. The van der Waals surface area contributed by atoms with E-state index in [1.165, 1.54) is 7.11 Å². The maximum Gasteiger partial charge on any atom is 0.305 e. The van der Waals surface area contributed by atoms with Gasteiger partial charge in [0, 0.05) is 22.6 Å². The summed E-state index contributed by atoms with van der Waals surface area (Å²) in [6.07, 6.45) is 3.01. The average molecular weight is 335 g/mol. The number of aliphatic hydroxyl groups is 1. The van der Waals surface area contributed by atoms with Crippen LogP contribution in [-0.2, 0) is 9.53 Å². The molecule has 1 heterocycles.